The number of hydrogen-bond donors (Lipinski definition) is 1. The lowest BCUT2D eigenvalue weighted by atomic mass is 9.46. The highest BCUT2D eigenvalue weighted by molar-refractivity contribution is 8.13. The molecular weight excluding hydrogens is 449 g/mol. The zero-order valence-corrected chi connectivity index (χ0v) is 20.8. The summed E-state index contributed by atoms with van der Waals surface area (Å²) < 4.78 is 15.2. The number of rotatable bonds is 2. The number of halogens is 1. The Balaban J connectivity index is 1.35. The molecule has 7 atom stereocenters. The number of fused-ring (bicyclic) bond motifs is 6. The van der Waals surface area contributed by atoms with E-state index in [4.69, 9.17) is 0 Å². The maximum absolute atomic E-state index is 13.3. The summed E-state index contributed by atoms with van der Waals surface area (Å²) >= 11 is 1.35. The number of carbonyl (C=O) groups is 1. The molecule has 0 radical (unpaired) electrons. The number of aromatic nitrogens is 3. The van der Waals surface area contributed by atoms with Crippen molar-refractivity contribution in [3.05, 3.63) is 47.3 Å². The quantitative estimate of drug-likeness (QED) is 0.607. The summed E-state index contributed by atoms with van der Waals surface area (Å²) in [5.41, 5.74) is 4.13. The third-order valence-electron chi connectivity index (χ3n) is 9.86. The van der Waals surface area contributed by atoms with Crippen LogP contribution in [0.15, 0.2) is 30.1 Å². The normalized spacial score (nSPS) is 38.4. The fourth-order valence-corrected chi connectivity index (χ4v) is 9.08. The molecule has 3 fully saturated rings. The lowest BCUT2D eigenvalue weighted by Gasteiger charge is -2.59. The first-order chi connectivity index (χ1) is 16.3. The number of aliphatic hydroxyl groups excluding tert-OH is 1. The molecule has 1 N–H and O–H groups in total. The summed E-state index contributed by atoms with van der Waals surface area (Å²) in [7, 11) is 0. The number of allylic oxidation sites excluding steroid dienone is 1. The Morgan fingerprint density at radius 1 is 1.24 bits per heavy atom. The van der Waals surface area contributed by atoms with Crippen LogP contribution < -0.4 is 0 Å². The Hall–Kier alpha value is -1.99. The average Bonchev–Trinajstić information content (AvgIpc) is 3.36. The smallest absolute Gasteiger partial charge is 0.212 e. The molecule has 7 unspecified atom stereocenters. The molecule has 0 saturated heterocycles. The van der Waals surface area contributed by atoms with Crippen molar-refractivity contribution in [3.63, 3.8) is 0 Å². The lowest BCUT2D eigenvalue weighted by molar-refractivity contribution is -0.136. The van der Waals surface area contributed by atoms with Crippen LogP contribution >= 0.6 is 11.8 Å². The van der Waals surface area contributed by atoms with Gasteiger partial charge in [-0.15, -0.1) is 0 Å². The van der Waals surface area contributed by atoms with Gasteiger partial charge in [0.25, 0.3) is 0 Å². The fourth-order valence-electron chi connectivity index (χ4n) is 8.41. The average molecular weight is 482 g/mol. The van der Waals surface area contributed by atoms with Gasteiger partial charge in [0.1, 0.15) is 0 Å². The summed E-state index contributed by atoms with van der Waals surface area (Å²) in [6.45, 7) is 4.61. The van der Waals surface area contributed by atoms with Crippen molar-refractivity contribution in [2.75, 3.05) is 6.26 Å². The summed E-state index contributed by atoms with van der Waals surface area (Å²) in [5.74, 6) is 0.690. The minimum atomic E-state index is -0.499. The van der Waals surface area contributed by atoms with E-state index in [-0.39, 0.29) is 22.7 Å². The molecule has 7 heteroatoms. The molecule has 6 rings (SSSR count). The first-order valence-electron chi connectivity index (χ1n) is 12.4. The maximum atomic E-state index is 13.3. The van der Waals surface area contributed by atoms with Gasteiger partial charge in [0.05, 0.1) is 29.9 Å². The van der Waals surface area contributed by atoms with Crippen molar-refractivity contribution in [1.82, 2.24) is 14.8 Å². The zero-order chi connectivity index (χ0) is 23.8. The molecule has 0 aromatic carbocycles. The van der Waals surface area contributed by atoms with Crippen LogP contribution in [0.1, 0.15) is 57.2 Å². The molecule has 0 spiro atoms. The van der Waals surface area contributed by atoms with Gasteiger partial charge in [-0.25, -0.2) is 9.67 Å². The summed E-state index contributed by atoms with van der Waals surface area (Å²) in [4.78, 5) is 16.5. The van der Waals surface area contributed by atoms with E-state index < -0.39 is 12.1 Å². The van der Waals surface area contributed by atoms with Crippen LogP contribution in [0.2, 0.25) is 0 Å². The summed E-state index contributed by atoms with van der Waals surface area (Å²) in [6, 6.07) is 3.07. The lowest BCUT2D eigenvalue weighted by Crippen LogP contribution is -2.57. The van der Waals surface area contributed by atoms with Crippen molar-refractivity contribution >= 4 is 23.0 Å². The largest absolute Gasteiger partial charge is 0.393 e. The predicted molar refractivity (Wildman–Crippen MR) is 131 cm³/mol. The van der Waals surface area contributed by atoms with E-state index in [0.717, 1.165) is 43.5 Å². The van der Waals surface area contributed by atoms with Gasteiger partial charge < -0.3 is 5.11 Å². The minimum absolute atomic E-state index is 0.0633. The molecule has 4 aliphatic rings. The topological polar surface area (TPSA) is 68.0 Å². The second-order valence-corrected chi connectivity index (χ2v) is 12.1. The van der Waals surface area contributed by atoms with E-state index >= 15 is 0 Å². The molecule has 4 aliphatic carbocycles. The second kappa shape index (κ2) is 7.76. The van der Waals surface area contributed by atoms with Gasteiger partial charge in [-0.05, 0) is 97.1 Å². The molecular formula is C27H32FN3O2S. The summed E-state index contributed by atoms with van der Waals surface area (Å²) in [5, 5.41) is 16.6. The number of aliphatic hydroxyl groups is 1. The van der Waals surface area contributed by atoms with Crippen molar-refractivity contribution in [3.8, 4) is 5.69 Å². The van der Waals surface area contributed by atoms with E-state index in [1.807, 2.05) is 17.1 Å². The minimum Gasteiger partial charge on any atom is -0.393 e. The van der Waals surface area contributed by atoms with E-state index in [0.29, 0.717) is 23.4 Å². The van der Waals surface area contributed by atoms with Crippen molar-refractivity contribution < 1.29 is 14.3 Å². The third-order valence-corrected chi connectivity index (χ3v) is 10.6. The van der Waals surface area contributed by atoms with Crippen molar-refractivity contribution in [1.29, 1.82) is 0 Å². The second-order valence-electron chi connectivity index (χ2n) is 11.3. The van der Waals surface area contributed by atoms with Gasteiger partial charge in [-0.2, -0.15) is 9.49 Å². The van der Waals surface area contributed by atoms with Crippen LogP contribution in [0.5, 0.6) is 0 Å². The van der Waals surface area contributed by atoms with E-state index in [1.54, 1.807) is 6.07 Å². The molecule has 34 heavy (non-hydrogen) atoms. The fraction of sp³-hybridized carbons (Fsp3) is 0.593. The van der Waals surface area contributed by atoms with Crippen LogP contribution in [0.4, 0.5) is 4.39 Å². The van der Waals surface area contributed by atoms with Gasteiger partial charge in [0.2, 0.25) is 5.95 Å². The molecule has 0 amide bonds. The van der Waals surface area contributed by atoms with E-state index in [9.17, 15) is 14.3 Å². The standard InChI is InChI=1S/C27H32FN3O2S/c1-26-11-15-13-30-31(17-5-9-23(28)29-14-17)21(15)10-16(26)4-6-18-19-7-8-20(25(33)34-3)27(19,2)12-22(32)24(18)26/h5,9-10,13-14,18-20,22,24,32H,4,6-8,11-12H2,1-3H3. The molecule has 2 heterocycles. The number of carbonyl (C=O) groups excluding carboxylic acids is 1. The van der Waals surface area contributed by atoms with Crippen LogP contribution in [0.3, 0.4) is 0 Å². The first kappa shape index (κ1) is 22.5. The molecule has 2 aromatic heterocycles. The van der Waals surface area contributed by atoms with Gasteiger partial charge >= 0.3 is 0 Å². The molecule has 3 saturated carbocycles. The van der Waals surface area contributed by atoms with Crippen molar-refractivity contribution in [2.45, 2.75) is 58.5 Å². The number of nitrogens with zero attached hydrogens (tertiary/aromatic N) is 3. The summed E-state index contributed by atoms with van der Waals surface area (Å²) in [6.07, 6.45) is 12.9. The molecule has 5 nitrogen and oxygen atoms in total. The van der Waals surface area contributed by atoms with Crippen LogP contribution in [0, 0.1) is 40.4 Å². The first-order valence-corrected chi connectivity index (χ1v) is 13.6. The van der Waals surface area contributed by atoms with Crippen LogP contribution in [0.25, 0.3) is 11.8 Å². The Bertz CT molecular complexity index is 1180. The SMILES string of the molecule is CSC(=O)C1CCC2C3CCC4=Cc5c(cnn5-c5ccc(F)nc5)CC4(C)C3C(O)CC12C. The highest BCUT2D eigenvalue weighted by atomic mass is 32.2. The highest BCUT2D eigenvalue weighted by Gasteiger charge is 2.63. The Morgan fingerprint density at radius 3 is 2.79 bits per heavy atom. The van der Waals surface area contributed by atoms with Gasteiger partial charge in [0, 0.05) is 5.92 Å². The van der Waals surface area contributed by atoms with Gasteiger partial charge in [-0.3, -0.25) is 4.79 Å². The van der Waals surface area contributed by atoms with Crippen molar-refractivity contribution in [2.24, 2.45) is 34.5 Å². The van der Waals surface area contributed by atoms with Gasteiger partial charge in [-0.1, -0.05) is 31.2 Å². The van der Waals surface area contributed by atoms with E-state index in [1.165, 1.54) is 35.2 Å². The number of pyridine rings is 1. The Labute approximate surface area is 204 Å². The zero-order valence-electron chi connectivity index (χ0n) is 20.0. The molecule has 2 aromatic rings. The molecule has 0 bridgehead atoms. The Morgan fingerprint density at radius 2 is 2.06 bits per heavy atom. The van der Waals surface area contributed by atoms with Gasteiger partial charge in [0.15, 0.2) is 5.12 Å². The van der Waals surface area contributed by atoms with E-state index in [2.05, 4.69) is 30.0 Å². The monoisotopic (exact) mass is 481 g/mol. The molecule has 0 aliphatic heterocycles. The third kappa shape index (κ3) is 3.05. The number of hydrogen-bond acceptors (Lipinski definition) is 5. The molecule has 180 valence electrons. The van der Waals surface area contributed by atoms with Crippen LogP contribution in [-0.2, 0) is 11.2 Å². The Kier molecular flexibility index (Phi) is 5.13. The maximum Gasteiger partial charge on any atom is 0.212 e. The predicted octanol–water partition coefficient (Wildman–Crippen LogP) is 5.07. The number of thioether (sulfide) groups is 1. The highest BCUT2D eigenvalue weighted by Crippen LogP contribution is 2.67. The van der Waals surface area contributed by atoms with Crippen LogP contribution in [-0.4, -0.2) is 37.3 Å².